The van der Waals surface area contributed by atoms with Crippen LogP contribution in [-0.2, 0) is 0 Å². The smallest absolute Gasteiger partial charge is 0.250 e. The molecule has 1 aliphatic heterocycles. The van der Waals surface area contributed by atoms with Gasteiger partial charge in [0.2, 0.25) is 0 Å². The normalized spacial score (nSPS) is 17.2. The highest BCUT2D eigenvalue weighted by Gasteiger charge is 2.30. The molecule has 0 radical (unpaired) electrons. The van der Waals surface area contributed by atoms with Crippen LogP contribution < -0.4 is 4.90 Å². The van der Waals surface area contributed by atoms with Crippen LogP contribution in [-0.4, -0.2) is 26.8 Å². The predicted octanol–water partition coefficient (Wildman–Crippen LogP) is 4.96. The lowest BCUT2D eigenvalue weighted by molar-refractivity contribution is 0.687. The maximum atomic E-state index is 6.35. The molecule has 1 atom stereocenters. The zero-order chi connectivity index (χ0) is 17.4. The van der Waals surface area contributed by atoms with Crippen LogP contribution in [0.15, 0.2) is 42.5 Å². The van der Waals surface area contributed by atoms with E-state index in [0.29, 0.717) is 21.7 Å². The zero-order valence-corrected chi connectivity index (χ0v) is 15.4. The largest absolute Gasteiger partial charge is 0.332 e. The Morgan fingerprint density at radius 2 is 1.80 bits per heavy atom. The minimum Gasteiger partial charge on any atom is -0.332 e. The first-order valence-corrected chi connectivity index (χ1v) is 9.03. The van der Waals surface area contributed by atoms with Crippen molar-refractivity contribution in [1.82, 2.24) is 20.2 Å². The fraction of sp³-hybridized carbons (Fsp3) is 0.235. The molecule has 8 heteroatoms. The highest BCUT2D eigenvalue weighted by atomic mass is 35.5. The number of nitrogens with zero attached hydrogens (tertiary/aromatic N) is 5. The van der Waals surface area contributed by atoms with Gasteiger partial charge in [0.25, 0.3) is 5.95 Å². The van der Waals surface area contributed by atoms with E-state index in [1.165, 1.54) is 5.56 Å². The second-order valence-electron chi connectivity index (χ2n) is 5.87. The van der Waals surface area contributed by atoms with Crippen LogP contribution >= 0.6 is 34.8 Å². The Labute approximate surface area is 160 Å². The molecule has 3 aromatic rings. The van der Waals surface area contributed by atoms with Gasteiger partial charge in [-0.15, -0.1) is 0 Å². The van der Waals surface area contributed by atoms with Crippen LogP contribution in [0.5, 0.6) is 0 Å². The van der Waals surface area contributed by atoms with E-state index in [4.69, 9.17) is 34.8 Å². The van der Waals surface area contributed by atoms with Crippen LogP contribution in [0.1, 0.15) is 24.4 Å². The van der Waals surface area contributed by atoms with Crippen molar-refractivity contribution in [2.75, 3.05) is 11.4 Å². The average molecular weight is 395 g/mol. The van der Waals surface area contributed by atoms with E-state index < -0.39 is 0 Å². The second-order valence-corrected chi connectivity index (χ2v) is 7.09. The molecule has 2 aromatic carbocycles. The molecule has 0 amide bonds. The third-order valence-corrected chi connectivity index (χ3v) is 5.44. The van der Waals surface area contributed by atoms with E-state index in [0.717, 1.165) is 24.4 Å². The molecule has 0 aliphatic carbocycles. The van der Waals surface area contributed by atoms with Gasteiger partial charge in [-0.1, -0.05) is 58.1 Å². The maximum absolute atomic E-state index is 6.35. The summed E-state index contributed by atoms with van der Waals surface area (Å²) in [7, 11) is 0. The molecule has 0 spiro atoms. The van der Waals surface area contributed by atoms with Gasteiger partial charge in [-0.2, -0.15) is 4.68 Å². The average Bonchev–Trinajstić information content (AvgIpc) is 3.26. The maximum Gasteiger partial charge on any atom is 0.250 e. The summed E-state index contributed by atoms with van der Waals surface area (Å²) >= 11 is 18.5. The summed E-state index contributed by atoms with van der Waals surface area (Å²) in [4.78, 5) is 2.19. The van der Waals surface area contributed by atoms with Crippen LogP contribution in [0.25, 0.3) is 5.69 Å². The first kappa shape index (κ1) is 16.6. The minimum atomic E-state index is 0.194. The zero-order valence-electron chi connectivity index (χ0n) is 13.1. The molecular weight excluding hydrogens is 381 g/mol. The van der Waals surface area contributed by atoms with Gasteiger partial charge in [0.05, 0.1) is 21.8 Å². The van der Waals surface area contributed by atoms with Crippen molar-refractivity contribution in [2.45, 2.75) is 18.9 Å². The Morgan fingerprint density at radius 1 is 1.00 bits per heavy atom. The minimum absolute atomic E-state index is 0.194. The van der Waals surface area contributed by atoms with E-state index >= 15 is 0 Å². The molecule has 4 rings (SSSR count). The number of aromatic nitrogens is 4. The standard InChI is InChI=1S/C17H14Cl3N5/c18-12-8-6-11(7-9-12)14-5-2-10-24(14)17-21-22-23-25(17)15-4-1-3-13(19)16(15)20/h1,3-4,6-9,14H,2,5,10H2. The number of hydrogen-bond acceptors (Lipinski definition) is 4. The van der Waals surface area contributed by atoms with Crippen molar-refractivity contribution >= 4 is 40.8 Å². The summed E-state index contributed by atoms with van der Waals surface area (Å²) in [6.07, 6.45) is 2.08. The molecule has 1 aliphatic rings. The van der Waals surface area contributed by atoms with Gasteiger partial charge < -0.3 is 4.90 Å². The molecule has 1 fully saturated rings. The van der Waals surface area contributed by atoms with Crippen LogP contribution in [0.3, 0.4) is 0 Å². The number of benzene rings is 2. The third kappa shape index (κ3) is 3.08. The summed E-state index contributed by atoms with van der Waals surface area (Å²) in [5, 5.41) is 13.8. The summed E-state index contributed by atoms with van der Waals surface area (Å²) < 4.78 is 1.64. The van der Waals surface area contributed by atoms with Crippen LogP contribution in [0.2, 0.25) is 15.1 Å². The Bertz CT molecular complexity index is 894. The molecule has 2 heterocycles. The van der Waals surface area contributed by atoms with Crippen molar-refractivity contribution in [3.63, 3.8) is 0 Å². The molecule has 1 aromatic heterocycles. The molecule has 5 nitrogen and oxygen atoms in total. The molecule has 1 saturated heterocycles. The lowest BCUT2D eigenvalue weighted by Gasteiger charge is -2.25. The Kier molecular flexibility index (Phi) is 4.54. The fourth-order valence-electron chi connectivity index (χ4n) is 3.21. The van der Waals surface area contributed by atoms with Crippen molar-refractivity contribution in [3.8, 4) is 5.69 Å². The molecule has 0 N–H and O–H groups in total. The van der Waals surface area contributed by atoms with Crippen molar-refractivity contribution < 1.29 is 0 Å². The Balaban J connectivity index is 1.74. The van der Waals surface area contributed by atoms with E-state index in [-0.39, 0.29) is 6.04 Å². The van der Waals surface area contributed by atoms with Crippen molar-refractivity contribution in [3.05, 3.63) is 63.1 Å². The van der Waals surface area contributed by atoms with E-state index in [1.54, 1.807) is 10.7 Å². The Morgan fingerprint density at radius 3 is 2.60 bits per heavy atom. The number of halogens is 3. The summed E-state index contributed by atoms with van der Waals surface area (Å²) in [5.41, 5.74) is 1.85. The lowest BCUT2D eigenvalue weighted by Crippen LogP contribution is -2.26. The lowest BCUT2D eigenvalue weighted by atomic mass is 10.1. The number of tetrazole rings is 1. The van der Waals surface area contributed by atoms with Gasteiger partial charge in [-0.3, -0.25) is 0 Å². The summed E-state index contributed by atoms with van der Waals surface area (Å²) in [5.74, 6) is 0.654. The SMILES string of the molecule is Clc1ccc(C2CCCN2c2nnnn2-c2cccc(Cl)c2Cl)cc1. The van der Waals surface area contributed by atoms with Crippen molar-refractivity contribution in [2.24, 2.45) is 0 Å². The molecule has 0 saturated carbocycles. The van der Waals surface area contributed by atoms with Gasteiger partial charge in [0, 0.05) is 11.6 Å². The van der Waals surface area contributed by atoms with Gasteiger partial charge >= 0.3 is 0 Å². The van der Waals surface area contributed by atoms with E-state index in [9.17, 15) is 0 Å². The first-order chi connectivity index (χ1) is 12.1. The Hall–Kier alpha value is -1.82. The van der Waals surface area contributed by atoms with Gasteiger partial charge in [-0.25, -0.2) is 0 Å². The molecule has 128 valence electrons. The highest BCUT2D eigenvalue weighted by Crippen LogP contribution is 2.37. The van der Waals surface area contributed by atoms with E-state index in [2.05, 4.69) is 20.4 Å². The highest BCUT2D eigenvalue weighted by molar-refractivity contribution is 6.43. The predicted molar refractivity (Wildman–Crippen MR) is 99.9 cm³/mol. The molecule has 1 unspecified atom stereocenters. The monoisotopic (exact) mass is 393 g/mol. The number of hydrogen-bond donors (Lipinski definition) is 0. The van der Waals surface area contributed by atoms with Gasteiger partial charge in [0.15, 0.2) is 0 Å². The molecule has 0 bridgehead atoms. The second kappa shape index (κ2) is 6.83. The first-order valence-electron chi connectivity index (χ1n) is 7.90. The molecular formula is C17H14Cl3N5. The number of rotatable bonds is 3. The quantitative estimate of drug-likeness (QED) is 0.629. The topological polar surface area (TPSA) is 46.8 Å². The van der Waals surface area contributed by atoms with Crippen molar-refractivity contribution in [1.29, 1.82) is 0 Å². The van der Waals surface area contributed by atoms with Crippen LogP contribution in [0, 0.1) is 0 Å². The van der Waals surface area contributed by atoms with Gasteiger partial charge in [-0.05, 0) is 53.1 Å². The molecule has 25 heavy (non-hydrogen) atoms. The number of anilines is 1. The summed E-state index contributed by atoms with van der Waals surface area (Å²) in [6, 6.07) is 13.5. The van der Waals surface area contributed by atoms with Gasteiger partial charge in [0.1, 0.15) is 0 Å². The van der Waals surface area contributed by atoms with E-state index in [1.807, 2.05) is 36.4 Å². The third-order valence-electron chi connectivity index (χ3n) is 4.38. The summed E-state index contributed by atoms with van der Waals surface area (Å²) in [6.45, 7) is 0.867. The van der Waals surface area contributed by atoms with Crippen LogP contribution in [0.4, 0.5) is 5.95 Å². The fourth-order valence-corrected chi connectivity index (χ4v) is 3.71.